The average molecular weight is 382 g/mol. The van der Waals surface area contributed by atoms with E-state index in [1.807, 2.05) is 0 Å². The predicted octanol–water partition coefficient (Wildman–Crippen LogP) is 5.57. The van der Waals surface area contributed by atoms with Crippen LogP contribution in [0.1, 0.15) is 28.7 Å². The molecular formula is C19H12F6N2. The summed E-state index contributed by atoms with van der Waals surface area (Å²) in [6.07, 6.45) is -8.08. The molecule has 0 unspecified atom stereocenters. The highest BCUT2D eigenvalue weighted by Gasteiger charge is 2.47. The van der Waals surface area contributed by atoms with Crippen LogP contribution in [0.3, 0.4) is 0 Å². The lowest BCUT2D eigenvalue weighted by atomic mass is 9.98. The molecule has 1 aliphatic carbocycles. The van der Waals surface area contributed by atoms with E-state index in [1.54, 1.807) is 0 Å². The summed E-state index contributed by atoms with van der Waals surface area (Å²) in [6.45, 7) is 0. The van der Waals surface area contributed by atoms with Crippen LogP contribution in [0.25, 0.3) is 0 Å². The zero-order chi connectivity index (χ0) is 19.4. The Morgan fingerprint density at radius 2 is 0.926 bits per heavy atom. The topological polar surface area (TPSA) is 24.7 Å². The van der Waals surface area contributed by atoms with Crippen LogP contribution in [0, 0.1) is 11.8 Å². The zero-order valence-corrected chi connectivity index (χ0v) is 13.6. The molecule has 0 amide bonds. The molecule has 140 valence electrons. The Bertz CT molecular complexity index is 843. The molecule has 1 heterocycles. The molecule has 27 heavy (non-hydrogen) atoms. The molecule has 0 N–H and O–H groups in total. The Balaban J connectivity index is 1.60. The first-order valence-electron chi connectivity index (χ1n) is 8.15. The van der Waals surface area contributed by atoms with Gasteiger partial charge in [0.2, 0.25) is 0 Å². The van der Waals surface area contributed by atoms with Crippen molar-refractivity contribution < 1.29 is 26.3 Å². The minimum Gasteiger partial charge on any atom is -0.166 e. The van der Waals surface area contributed by atoms with Crippen LogP contribution in [-0.2, 0) is 12.4 Å². The molecule has 1 saturated carbocycles. The Labute approximate surface area is 150 Å². The van der Waals surface area contributed by atoms with E-state index in [-0.39, 0.29) is 11.8 Å². The van der Waals surface area contributed by atoms with Gasteiger partial charge in [0.05, 0.1) is 22.6 Å². The quantitative estimate of drug-likeness (QED) is 0.607. The Hall–Kier alpha value is -2.64. The maximum atomic E-state index is 12.7. The first-order valence-corrected chi connectivity index (χ1v) is 8.15. The number of hydrogen-bond donors (Lipinski definition) is 0. The lowest BCUT2D eigenvalue weighted by Crippen LogP contribution is -2.16. The number of rotatable bonds is 2. The Morgan fingerprint density at radius 1 is 0.593 bits per heavy atom. The second-order valence-electron chi connectivity index (χ2n) is 6.57. The smallest absolute Gasteiger partial charge is 0.166 e. The monoisotopic (exact) mass is 382 g/mol. The highest BCUT2D eigenvalue weighted by Crippen LogP contribution is 2.46. The molecular weight excluding hydrogens is 370 g/mol. The van der Waals surface area contributed by atoms with E-state index in [9.17, 15) is 26.3 Å². The maximum absolute atomic E-state index is 12.7. The van der Waals surface area contributed by atoms with Crippen molar-refractivity contribution in [2.24, 2.45) is 22.0 Å². The zero-order valence-electron chi connectivity index (χ0n) is 13.6. The summed E-state index contributed by atoms with van der Waals surface area (Å²) in [5.74, 6) is 0.0491. The SMILES string of the molecule is FC(F)(F)c1ccc(C2=NN=C(c3ccc(C(F)(F)F)cc3)[C@@H]3C[C@H]23)cc1. The van der Waals surface area contributed by atoms with Crippen LogP contribution >= 0.6 is 0 Å². The molecule has 0 saturated heterocycles. The van der Waals surface area contributed by atoms with Gasteiger partial charge in [-0.1, -0.05) is 24.3 Å². The molecule has 2 aromatic carbocycles. The summed E-state index contributed by atoms with van der Waals surface area (Å²) in [5, 5.41) is 8.29. The molecule has 0 bridgehead atoms. The minimum atomic E-state index is -4.40. The van der Waals surface area contributed by atoms with Crippen molar-refractivity contribution in [2.75, 3.05) is 0 Å². The van der Waals surface area contributed by atoms with Gasteiger partial charge in [-0.15, -0.1) is 0 Å². The van der Waals surface area contributed by atoms with Gasteiger partial charge in [0.1, 0.15) is 0 Å². The highest BCUT2D eigenvalue weighted by molar-refractivity contribution is 6.14. The maximum Gasteiger partial charge on any atom is 0.416 e. The fourth-order valence-corrected chi connectivity index (χ4v) is 3.26. The summed E-state index contributed by atoms with van der Waals surface area (Å²) < 4.78 is 76.0. The standard InChI is InChI=1S/C19H12F6N2/c20-18(21,22)12-5-1-10(2-6-12)16-14-9-15(14)17(27-26-16)11-3-7-13(8-4-11)19(23,24)25/h1-8,14-15H,9H2/t14-,15+. The van der Waals surface area contributed by atoms with Crippen LogP contribution in [0.15, 0.2) is 58.7 Å². The first kappa shape index (κ1) is 17.8. The van der Waals surface area contributed by atoms with Gasteiger partial charge in [0.15, 0.2) is 0 Å². The third-order valence-electron chi connectivity index (χ3n) is 4.77. The number of benzene rings is 2. The summed E-state index contributed by atoms with van der Waals surface area (Å²) in [6, 6.07) is 9.50. The van der Waals surface area contributed by atoms with E-state index >= 15 is 0 Å². The van der Waals surface area contributed by atoms with Gasteiger partial charge in [0, 0.05) is 11.8 Å². The van der Waals surface area contributed by atoms with Gasteiger partial charge in [-0.3, -0.25) is 0 Å². The van der Waals surface area contributed by atoms with E-state index in [0.717, 1.165) is 30.7 Å². The summed E-state index contributed by atoms with van der Waals surface area (Å²) >= 11 is 0. The molecule has 2 aliphatic rings. The van der Waals surface area contributed by atoms with Gasteiger partial charge in [-0.25, -0.2) is 0 Å². The number of halogens is 6. The number of alkyl halides is 6. The minimum absolute atomic E-state index is 0.0246. The lowest BCUT2D eigenvalue weighted by molar-refractivity contribution is -0.138. The third-order valence-corrected chi connectivity index (χ3v) is 4.77. The second kappa shape index (κ2) is 5.94. The Kier molecular flexibility index (Phi) is 3.90. The molecule has 0 spiro atoms. The highest BCUT2D eigenvalue weighted by atomic mass is 19.4. The summed E-state index contributed by atoms with van der Waals surface area (Å²) in [5.41, 5.74) is 0.915. The number of hydrogen-bond acceptors (Lipinski definition) is 2. The second-order valence-corrected chi connectivity index (χ2v) is 6.57. The van der Waals surface area contributed by atoms with Crippen LogP contribution in [0.4, 0.5) is 26.3 Å². The summed E-state index contributed by atoms with van der Waals surface area (Å²) in [7, 11) is 0. The van der Waals surface area contributed by atoms with Crippen molar-refractivity contribution in [3.05, 3.63) is 70.8 Å². The van der Waals surface area contributed by atoms with Crippen molar-refractivity contribution in [1.82, 2.24) is 0 Å². The lowest BCUT2D eigenvalue weighted by Gasteiger charge is -2.14. The van der Waals surface area contributed by atoms with Gasteiger partial charge in [0.25, 0.3) is 0 Å². The van der Waals surface area contributed by atoms with E-state index in [0.29, 0.717) is 22.6 Å². The molecule has 1 fully saturated rings. The normalized spacial score (nSPS) is 22.0. The molecule has 0 aromatic heterocycles. The van der Waals surface area contributed by atoms with Crippen molar-refractivity contribution >= 4 is 11.4 Å². The fraction of sp³-hybridized carbons (Fsp3) is 0.263. The van der Waals surface area contributed by atoms with Gasteiger partial charge >= 0.3 is 12.4 Å². The van der Waals surface area contributed by atoms with Gasteiger partial charge in [-0.05, 0) is 41.8 Å². The van der Waals surface area contributed by atoms with E-state index < -0.39 is 23.5 Å². The van der Waals surface area contributed by atoms with Crippen LogP contribution in [0.5, 0.6) is 0 Å². The molecule has 2 atom stereocenters. The van der Waals surface area contributed by atoms with Crippen LogP contribution in [0.2, 0.25) is 0 Å². The van der Waals surface area contributed by atoms with Crippen molar-refractivity contribution in [3.63, 3.8) is 0 Å². The first-order chi connectivity index (χ1) is 12.6. The molecule has 8 heteroatoms. The fourth-order valence-electron chi connectivity index (χ4n) is 3.26. The van der Waals surface area contributed by atoms with E-state index in [1.165, 1.54) is 24.3 Å². The predicted molar refractivity (Wildman–Crippen MR) is 87.6 cm³/mol. The molecule has 2 nitrogen and oxygen atoms in total. The summed E-state index contributed by atoms with van der Waals surface area (Å²) in [4.78, 5) is 0. The molecule has 4 rings (SSSR count). The van der Waals surface area contributed by atoms with Crippen molar-refractivity contribution in [3.8, 4) is 0 Å². The third kappa shape index (κ3) is 3.36. The molecule has 2 aromatic rings. The van der Waals surface area contributed by atoms with Crippen molar-refractivity contribution in [2.45, 2.75) is 18.8 Å². The number of nitrogens with zero attached hydrogens (tertiary/aromatic N) is 2. The largest absolute Gasteiger partial charge is 0.416 e. The molecule has 1 aliphatic heterocycles. The Morgan fingerprint density at radius 3 is 1.22 bits per heavy atom. The number of fused-ring (bicyclic) bond motifs is 1. The van der Waals surface area contributed by atoms with Gasteiger partial charge < -0.3 is 0 Å². The van der Waals surface area contributed by atoms with Crippen molar-refractivity contribution in [1.29, 1.82) is 0 Å². The van der Waals surface area contributed by atoms with E-state index in [4.69, 9.17) is 0 Å². The molecule has 0 radical (unpaired) electrons. The average Bonchev–Trinajstić information content (AvgIpc) is 3.40. The van der Waals surface area contributed by atoms with Gasteiger partial charge in [-0.2, -0.15) is 36.5 Å². The van der Waals surface area contributed by atoms with Crippen LogP contribution < -0.4 is 0 Å². The van der Waals surface area contributed by atoms with Crippen LogP contribution in [-0.4, -0.2) is 11.4 Å². The van der Waals surface area contributed by atoms with E-state index in [2.05, 4.69) is 10.2 Å².